The number of benzene rings is 2. The Morgan fingerprint density at radius 2 is 1.94 bits per heavy atom. The molecule has 0 radical (unpaired) electrons. The Balaban J connectivity index is 1.74. The molecule has 1 aliphatic rings. The van der Waals surface area contributed by atoms with Crippen molar-refractivity contribution in [2.24, 2.45) is 0 Å². The SMILES string of the molecule is C=CC(F)(F)c1cc(C)c2nn(Cc3c(Cl)ccc(C(=O)N4CCOCC4)c3Cl)c(C)c2c1. The summed E-state index contributed by atoms with van der Waals surface area (Å²) in [6.07, 6.45) is 0.629. The molecule has 5 nitrogen and oxygen atoms in total. The van der Waals surface area contributed by atoms with Gasteiger partial charge in [-0.2, -0.15) is 13.9 Å². The molecule has 3 aromatic rings. The molecule has 1 aromatic heterocycles. The Kier molecular flexibility index (Phi) is 6.49. The van der Waals surface area contributed by atoms with Gasteiger partial charge in [-0.3, -0.25) is 9.48 Å². The first-order valence-corrected chi connectivity index (χ1v) is 11.2. The lowest BCUT2D eigenvalue weighted by molar-refractivity contribution is 0.0303. The summed E-state index contributed by atoms with van der Waals surface area (Å²) in [4.78, 5) is 14.7. The Bertz CT molecular complexity index is 1250. The van der Waals surface area contributed by atoms with E-state index in [0.717, 1.165) is 0 Å². The molecule has 0 saturated carbocycles. The molecule has 2 aromatic carbocycles. The maximum Gasteiger partial charge on any atom is 0.291 e. The molecule has 0 bridgehead atoms. The summed E-state index contributed by atoms with van der Waals surface area (Å²) in [5.74, 6) is -3.33. The molecule has 1 saturated heterocycles. The van der Waals surface area contributed by atoms with Crippen LogP contribution < -0.4 is 0 Å². The fourth-order valence-electron chi connectivity index (χ4n) is 3.98. The van der Waals surface area contributed by atoms with Gasteiger partial charge in [-0.25, -0.2) is 0 Å². The van der Waals surface area contributed by atoms with Crippen LogP contribution in [0.2, 0.25) is 10.0 Å². The molecule has 0 N–H and O–H groups in total. The number of aromatic nitrogens is 2. The number of amides is 1. The lowest BCUT2D eigenvalue weighted by Crippen LogP contribution is -2.40. The van der Waals surface area contributed by atoms with E-state index in [9.17, 15) is 13.6 Å². The molecule has 174 valence electrons. The highest BCUT2D eigenvalue weighted by Gasteiger charge is 2.29. The zero-order chi connectivity index (χ0) is 23.9. The van der Waals surface area contributed by atoms with E-state index < -0.39 is 5.92 Å². The quantitative estimate of drug-likeness (QED) is 0.424. The van der Waals surface area contributed by atoms with Crippen molar-refractivity contribution >= 4 is 40.0 Å². The van der Waals surface area contributed by atoms with E-state index in [2.05, 4.69) is 11.7 Å². The molecule has 1 fully saturated rings. The first-order valence-electron chi connectivity index (χ1n) is 10.5. The number of ether oxygens (including phenoxy) is 1. The number of fused-ring (bicyclic) bond motifs is 1. The van der Waals surface area contributed by atoms with Crippen LogP contribution in [0.3, 0.4) is 0 Å². The van der Waals surface area contributed by atoms with Gasteiger partial charge in [0.05, 0.1) is 35.9 Å². The van der Waals surface area contributed by atoms with Gasteiger partial charge in [-0.05, 0) is 49.8 Å². The molecule has 1 aliphatic heterocycles. The first kappa shape index (κ1) is 23.7. The van der Waals surface area contributed by atoms with E-state index in [1.54, 1.807) is 35.6 Å². The summed E-state index contributed by atoms with van der Waals surface area (Å²) in [5.41, 5.74) is 2.69. The third kappa shape index (κ3) is 4.37. The Hall–Kier alpha value is -2.48. The Morgan fingerprint density at radius 3 is 2.61 bits per heavy atom. The standard InChI is InChI=1S/C24H23Cl2F2N3O2/c1-4-24(27,28)16-11-14(2)22-18(12-16)15(3)31(29-22)13-19-20(25)6-5-17(21(19)26)23(32)30-7-9-33-10-8-30/h4-6,11-12H,1,7-10,13H2,2-3H3. The smallest absolute Gasteiger partial charge is 0.291 e. The monoisotopic (exact) mass is 493 g/mol. The molecule has 0 spiro atoms. The van der Waals surface area contributed by atoms with Crippen LogP contribution in [0.25, 0.3) is 10.9 Å². The number of aryl methyl sites for hydroxylation is 2. The van der Waals surface area contributed by atoms with E-state index >= 15 is 0 Å². The topological polar surface area (TPSA) is 47.4 Å². The van der Waals surface area contributed by atoms with Gasteiger partial charge in [0.25, 0.3) is 11.8 Å². The summed E-state index contributed by atoms with van der Waals surface area (Å²) in [6, 6.07) is 6.11. The van der Waals surface area contributed by atoms with E-state index in [0.29, 0.717) is 70.7 Å². The molecule has 9 heteroatoms. The Morgan fingerprint density at radius 1 is 1.24 bits per heavy atom. The van der Waals surface area contributed by atoms with E-state index in [1.807, 2.05) is 0 Å². The predicted molar refractivity (Wildman–Crippen MR) is 126 cm³/mol. The van der Waals surface area contributed by atoms with Crippen molar-refractivity contribution < 1.29 is 18.3 Å². The van der Waals surface area contributed by atoms with Gasteiger partial charge in [-0.1, -0.05) is 29.8 Å². The number of hydrogen-bond acceptors (Lipinski definition) is 3. The van der Waals surface area contributed by atoms with Crippen LogP contribution in [-0.2, 0) is 17.2 Å². The fourth-order valence-corrected chi connectivity index (χ4v) is 4.55. The molecule has 0 aliphatic carbocycles. The van der Waals surface area contributed by atoms with Crippen LogP contribution in [0.15, 0.2) is 36.9 Å². The summed E-state index contributed by atoms with van der Waals surface area (Å²) >= 11 is 13.1. The number of nitrogens with zero attached hydrogens (tertiary/aromatic N) is 3. The lowest BCUT2D eigenvalue weighted by Gasteiger charge is -2.27. The van der Waals surface area contributed by atoms with E-state index in [4.69, 9.17) is 27.9 Å². The van der Waals surface area contributed by atoms with Crippen LogP contribution in [0.1, 0.15) is 32.7 Å². The number of rotatable bonds is 5. The second kappa shape index (κ2) is 9.05. The molecule has 33 heavy (non-hydrogen) atoms. The van der Waals surface area contributed by atoms with Gasteiger partial charge in [0.15, 0.2) is 0 Å². The minimum Gasteiger partial charge on any atom is -0.378 e. The lowest BCUT2D eigenvalue weighted by atomic mass is 10.0. The number of morpholine rings is 1. The van der Waals surface area contributed by atoms with Crippen molar-refractivity contribution in [2.45, 2.75) is 26.3 Å². The minimum absolute atomic E-state index is 0.140. The van der Waals surface area contributed by atoms with Crippen molar-refractivity contribution in [2.75, 3.05) is 26.3 Å². The zero-order valence-electron chi connectivity index (χ0n) is 18.3. The fraction of sp³-hybridized carbons (Fsp3) is 0.333. The van der Waals surface area contributed by atoms with Gasteiger partial charge >= 0.3 is 0 Å². The van der Waals surface area contributed by atoms with Crippen LogP contribution in [0, 0.1) is 13.8 Å². The van der Waals surface area contributed by atoms with Crippen LogP contribution in [-0.4, -0.2) is 46.9 Å². The molecule has 4 rings (SSSR count). The number of carbonyl (C=O) groups excluding carboxylic acids is 1. The summed E-state index contributed by atoms with van der Waals surface area (Å²) in [6.45, 7) is 8.92. The largest absolute Gasteiger partial charge is 0.378 e. The van der Waals surface area contributed by atoms with Crippen molar-refractivity contribution in [3.05, 3.63) is 74.9 Å². The van der Waals surface area contributed by atoms with Crippen molar-refractivity contribution in [3.63, 3.8) is 0 Å². The first-order chi connectivity index (χ1) is 15.6. The average molecular weight is 494 g/mol. The van der Waals surface area contributed by atoms with Crippen molar-refractivity contribution in [1.82, 2.24) is 14.7 Å². The van der Waals surface area contributed by atoms with Gasteiger partial charge in [-0.15, -0.1) is 0 Å². The highest BCUT2D eigenvalue weighted by atomic mass is 35.5. The second-order valence-corrected chi connectivity index (χ2v) is 8.84. The number of allylic oxidation sites excluding steroid dienone is 1. The summed E-state index contributed by atoms with van der Waals surface area (Å²) < 4.78 is 35.5. The number of alkyl halides is 2. The van der Waals surface area contributed by atoms with Crippen LogP contribution in [0.4, 0.5) is 8.78 Å². The molecular formula is C24H23Cl2F2N3O2. The van der Waals surface area contributed by atoms with Crippen LogP contribution >= 0.6 is 23.2 Å². The third-order valence-electron chi connectivity index (χ3n) is 5.96. The maximum absolute atomic E-state index is 14.2. The van der Waals surface area contributed by atoms with Gasteiger partial charge in [0, 0.05) is 40.3 Å². The van der Waals surface area contributed by atoms with Crippen LogP contribution in [0.5, 0.6) is 0 Å². The Labute approximate surface area is 200 Å². The molecular weight excluding hydrogens is 471 g/mol. The van der Waals surface area contributed by atoms with Gasteiger partial charge < -0.3 is 9.64 Å². The van der Waals surface area contributed by atoms with Gasteiger partial charge in [0.2, 0.25) is 0 Å². The second-order valence-electron chi connectivity index (χ2n) is 8.05. The molecule has 0 unspecified atom stereocenters. The molecule has 2 heterocycles. The predicted octanol–water partition coefficient (Wildman–Crippen LogP) is 5.76. The van der Waals surface area contributed by atoms with Gasteiger partial charge in [0.1, 0.15) is 0 Å². The average Bonchev–Trinajstić information content (AvgIpc) is 3.13. The van der Waals surface area contributed by atoms with E-state index in [1.165, 1.54) is 12.1 Å². The molecule has 1 amide bonds. The zero-order valence-corrected chi connectivity index (χ0v) is 19.8. The highest BCUT2D eigenvalue weighted by Crippen LogP contribution is 2.35. The molecule has 0 atom stereocenters. The summed E-state index contributed by atoms with van der Waals surface area (Å²) in [7, 11) is 0. The minimum atomic E-state index is -3.14. The maximum atomic E-state index is 14.2. The third-order valence-corrected chi connectivity index (χ3v) is 6.75. The normalized spacial score (nSPS) is 14.7. The van der Waals surface area contributed by atoms with Crippen molar-refractivity contribution in [1.29, 1.82) is 0 Å². The number of halogens is 4. The summed E-state index contributed by atoms with van der Waals surface area (Å²) in [5, 5.41) is 5.88. The van der Waals surface area contributed by atoms with Crippen molar-refractivity contribution in [3.8, 4) is 0 Å². The van der Waals surface area contributed by atoms with E-state index in [-0.39, 0.29) is 23.0 Å². The number of carbonyl (C=O) groups is 1. The number of hydrogen-bond donors (Lipinski definition) is 0. The highest BCUT2D eigenvalue weighted by molar-refractivity contribution is 6.38.